The van der Waals surface area contributed by atoms with E-state index >= 15 is 0 Å². The minimum atomic E-state index is -0.665. The monoisotopic (exact) mass is 372 g/mol. The summed E-state index contributed by atoms with van der Waals surface area (Å²) < 4.78 is 10.6. The van der Waals surface area contributed by atoms with Crippen molar-refractivity contribution in [3.63, 3.8) is 0 Å². The zero-order valence-corrected chi connectivity index (χ0v) is 16.4. The summed E-state index contributed by atoms with van der Waals surface area (Å²) in [7, 11) is 1.84. The number of amides is 1. The van der Waals surface area contributed by atoms with E-state index in [0.29, 0.717) is 13.0 Å². The van der Waals surface area contributed by atoms with E-state index in [1.54, 1.807) is 27.0 Å². The van der Waals surface area contributed by atoms with Gasteiger partial charge in [-0.25, -0.2) is 4.79 Å². The van der Waals surface area contributed by atoms with Gasteiger partial charge in [-0.1, -0.05) is 30.3 Å². The van der Waals surface area contributed by atoms with Gasteiger partial charge in [-0.3, -0.25) is 9.69 Å². The summed E-state index contributed by atoms with van der Waals surface area (Å²) in [6, 6.07) is 12.6. The van der Waals surface area contributed by atoms with E-state index in [1.807, 2.05) is 54.4 Å². The Balaban J connectivity index is 2.02. The second-order valence-electron chi connectivity index (χ2n) is 7.61. The number of ether oxygens (including phenoxy) is 1. The van der Waals surface area contributed by atoms with Crippen LogP contribution in [0.25, 0.3) is 0 Å². The van der Waals surface area contributed by atoms with Gasteiger partial charge in [0.05, 0.1) is 25.4 Å². The lowest BCUT2D eigenvalue weighted by Crippen LogP contribution is -2.47. The molecule has 1 amide bonds. The van der Waals surface area contributed by atoms with Gasteiger partial charge in [-0.05, 0) is 51.9 Å². The highest BCUT2D eigenvalue weighted by Crippen LogP contribution is 2.10. The Kier molecular flexibility index (Phi) is 7.19. The van der Waals surface area contributed by atoms with Crippen molar-refractivity contribution in [3.05, 3.63) is 60.1 Å². The fourth-order valence-corrected chi connectivity index (χ4v) is 2.65. The summed E-state index contributed by atoms with van der Waals surface area (Å²) in [6.07, 6.45) is 1.42. The molecule has 0 radical (unpaired) electrons. The van der Waals surface area contributed by atoms with Crippen molar-refractivity contribution in [2.75, 3.05) is 13.6 Å². The van der Waals surface area contributed by atoms with Crippen molar-refractivity contribution < 1.29 is 18.7 Å². The molecule has 2 aromatic rings. The number of nitrogens with zero attached hydrogens (tertiary/aromatic N) is 1. The van der Waals surface area contributed by atoms with E-state index in [1.165, 1.54) is 0 Å². The third-order valence-electron chi connectivity index (χ3n) is 3.79. The largest absolute Gasteiger partial charge is 0.468 e. The fraction of sp³-hybridized carbons (Fsp3) is 0.429. The Bertz CT molecular complexity index is 720. The molecule has 0 aliphatic heterocycles. The maximum Gasteiger partial charge on any atom is 0.408 e. The first kappa shape index (κ1) is 20.7. The molecule has 1 aromatic carbocycles. The molecule has 1 heterocycles. The molecule has 1 unspecified atom stereocenters. The molecule has 146 valence electrons. The maximum absolute atomic E-state index is 12.8. The van der Waals surface area contributed by atoms with E-state index < -0.39 is 17.7 Å². The number of likely N-dealkylation sites (N-methyl/N-ethyl adjacent to an activating group) is 1. The van der Waals surface area contributed by atoms with Crippen LogP contribution in [0.5, 0.6) is 0 Å². The van der Waals surface area contributed by atoms with Gasteiger partial charge in [0.2, 0.25) is 0 Å². The number of carbonyl (C=O) groups excluding carboxylic acids is 2. The van der Waals surface area contributed by atoms with E-state index in [-0.39, 0.29) is 12.3 Å². The summed E-state index contributed by atoms with van der Waals surface area (Å²) in [4.78, 5) is 26.9. The maximum atomic E-state index is 12.8. The Hall–Kier alpha value is -2.60. The van der Waals surface area contributed by atoms with Crippen molar-refractivity contribution in [3.8, 4) is 0 Å². The van der Waals surface area contributed by atoms with Crippen molar-refractivity contribution in [1.82, 2.24) is 10.2 Å². The van der Waals surface area contributed by atoms with Crippen LogP contribution < -0.4 is 5.32 Å². The van der Waals surface area contributed by atoms with Gasteiger partial charge in [-0.2, -0.15) is 0 Å². The molecule has 0 bridgehead atoms. The molecule has 0 saturated carbocycles. The van der Waals surface area contributed by atoms with Gasteiger partial charge in [-0.15, -0.1) is 0 Å². The van der Waals surface area contributed by atoms with E-state index in [2.05, 4.69) is 5.32 Å². The first-order chi connectivity index (χ1) is 12.7. The molecule has 1 N–H and O–H groups in total. The van der Waals surface area contributed by atoms with Crippen LogP contribution in [0.1, 0.15) is 32.1 Å². The van der Waals surface area contributed by atoms with Crippen LogP contribution in [0, 0.1) is 0 Å². The molecular formula is C21H28N2O4. The third kappa shape index (κ3) is 7.66. The highest BCUT2D eigenvalue weighted by molar-refractivity contribution is 5.89. The molecule has 0 saturated heterocycles. The summed E-state index contributed by atoms with van der Waals surface area (Å²) in [6.45, 7) is 6.07. The summed E-state index contributed by atoms with van der Waals surface area (Å²) in [5.74, 6) is 0.698. The molecule has 0 aliphatic carbocycles. The second kappa shape index (κ2) is 9.37. The number of ketones is 1. The number of rotatable bonds is 8. The summed E-state index contributed by atoms with van der Waals surface area (Å²) in [5.41, 5.74) is 0.348. The van der Waals surface area contributed by atoms with Crippen LogP contribution in [0.3, 0.4) is 0 Å². The average Bonchev–Trinajstić information content (AvgIpc) is 3.06. The number of hydrogen-bond donors (Lipinski definition) is 1. The van der Waals surface area contributed by atoms with Crippen molar-refractivity contribution in [1.29, 1.82) is 0 Å². The highest BCUT2D eigenvalue weighted by Gasteiger charge is 2.25. The first-order valence-corrected chi connectivity index (χ1v) is 9.00. The van der Waals surface area contributed by atoms with Crippen LogP contribution in [0.15, 0.2) is 53.1 Å². The number of nitrogens with one attached hydrogen (secondary N) is 1. The van der Waals surface area contributed by atoms with Gasteiger partial charge in [0.1, 0.15) is 11.4 Å². The number of alkyl carbamates (subject to hydrolysis) is 1. The standard InChI is InChI=1S/C21H28N2O4/c1-21(2,3)27-20(25)22-18(13-16-9-6-5-7-10-16)19(24)15-23(4)14-17-11-8-12-26-17/h5-12,18H,13-15H2,1-4H3,(H,22,25). The molecule has 0 spiro atoms. The molecule has 6 heteroatoms. The molecular weight excluding hydrogens is 344 g/mol. The zero-order chi connectivity index (χ0) is 19.9. The van der Waals surface area contributed by atoms with E-state index in [4.69, 9.17) is 9.15 Å². The van der Waals surface area contributed by atoms with E-state index in [0.717, 1.165) is 11.3 Å². The number of Topliss-reactive ketones (excluding diaryl/α,β-unsaturated/α-hetero) is 1. The quantitative estimate of drug-likeness (QED) is 0.769. The van der Waals surface area contributed by atoms with Gasteiger partial charge in [0.25, 0.3) is 0 Å². The molecule has 0 aliphatic rings. The number of benzene rings is 1. The molecule has 0 fully saturated rings. The Morgan fingerprint density at radius 3 is 2.44 bits per heavy atom. The van der Waals surface area contributed by atoms with Crippen LogP contribution >= 0.6 is 0 Å². The van der Waals surface area contributed by atoms with Crippen LogP contribution in [0.4, 0.5) is 4.79 Å². The number of furan rings is 1. The van der Waals surface area contributed by atoms with Gasteiger partial charge >= 0.3 is 6.09 Å². The lowest BCUT2D eigenvalue weighted by atomic mass is 10.0. The van der Waals surface area contributed by atoms with Crippen LogP contribution in [-0.4, -0.2) is 42.0 Å². The lowest BCUT2D eigenvalue weighted by Gasteiger charge is -2.24. The molecule has 2 rings (SSSR count). The van der Waals surface area contributed by atoms with E-state index in [9.17, 15) is 9.59 Å². The molecule has 27 heavy (non-hydrogen) atoms. The molecule has 1 atom stereocenters. The Labute approximate surface area is 160 Å². The minimum Gasteiger partial charge on any atom is -0.468 e. The summed E-state index contributed by atoms with van der Waals surface area (Å²) in [5, 5.41) is 2.73. The second-order valence-corrected chi connectivity index (χ2v) is 7.61. The lowest BCUT2D eigenvalue weighted by molar-refractivity contribution is -0.122. The predicted molar refractivity (Wildman–Crippen MR) is 103 cm³/mol. The molecule has 1 aromatic heterocycles. The highest BCUT2D eigenvalue weighted by atomic mass is 16.6. The van der Waals surface area contributed by atoms with Crippen LogP contribution in [-0.2, 0) is 22.5 Å². The minimum absolute atomic E-state index is 0.0845. The average molecular weight is 372 g/mol. The van der Waals surface area contributed by atoms with Gasteiger partial charge in [0, 0.05) is 0 Å². The van der Waals surface area contributed by atoms with Crippen molar-refractivity contribution in [2.24, 2.45) is 0 Å². The fourth-order valence-electron chi connectivity index (χ4n) is 2.65. The third-order valence-corrected chi connectivity index (χ3v) is 3.79. The zero-order valence-electron chi connectivity index (χ0n) is 16.4. The normalized spacial score (nSPS) is 12.6. The topological polar surface area (TPSA) is 71.8 Å². The number of hydrogen-bond acceptors (Lipinski definition) is 5. The van der Waals surface area contributed by atoms with Gasteiger partial charge in [0.15, 0.2) is 5.78 Å². The van der Waals surface area contributed by atoms with Crippen LogP contribution in [0.2, 0.25) is 0 Å². The van der Waals surface area contributed by atoms with Crippen molar-refractivity contribution >= 4 is 11.9 Å². The first-order valence-electron chi connectivity index (χ1n) is 9.00. The number of carbonyl (C=O) groups is 2. The Morgan fingerprint density at radius 1 is 1.15 bits per heavy atom. The van der Waals surface area contributed by atoms with Gasteiger partial charge < -0.3 is 14.5 Å². The predicted octanol–water partition coefficient (Wildman–Crippen LogP) is 3.42. The van der Waals surface area contributed by atoms with Crippen molar-refractivity contribution in [2.45, 2.75) is 45.4 Å². The SMILES string of the molecule is CN(CC(=O)C(Cc1ccccc1)NC(=O)OC(C)(C)C)Cc1ccco1. The summed E-state index contributed by atoms with van der Waals surface area (Å²) >= 11 is 0. The Morgan fingerprint density at radius 2 is 1.85 bits per heavy atom. The smallest absolute Gasteiger partial charge is 0.408 e. The molecule has 6 nitrogen and oxygen atoms in total.